The number of amides is 1. The molecule has 9 nitrogen and oxygen atoms in total. The summed E-state index contributed by atoms with van der Waals surface area (Å²) in [7, 11) is 3.18. The first kappa shape index (κ1) is 22.6. The quantitative estimate of drug-likeness (QED) is 0.407. The largest absolute Gasteiger partial charge is 0.493 e. The number of rotatable bonds is 6. The molecule has 0 saturated heterocycles. The first-order valence-corrected chi connectivity index (χ1v) is 11.8. The summed E-state index contributed by atoms with van der Waals surface area (Å²) in [6, 6.07) is 10.7. The fourth-order valence-corrected chi connectivity index (χ4v) is 5.10. The minimum Gasteiger partial charge on any atom is -0.493 e. The highest BCUT2D eigenvalue weighted by atomic mass is 32.1. The molecule has 0 aliphatic carbocycles. The van der Waals surface area contributed by atoms with Crippen LogP contribution >= 0.6 is 11.3 Å². The van der Waals surface area contributed by atoms with E-state index in [1.807, 2.05) is 43.5 Å². The van der Waals surface area contributed by atoms with E-state index in [1.54, 1.807) is 54.8 Å². The molecular formula is C25H24N6O3S. The number of thiophene rings is 1. The van der Waals surface area contributed by atoms with Gasteiger partial charge in [-0.05, 0) is 61.2 Å². The Bertz CT molecular complexity index is 1430. The van der Waals surface area contributed by atoms with Gasteiger partial charge < -0.3 is 20.1 Å². The number of pyridine rings is 1. The van der Waals surface area contributed by atoms with E-state index in [2.05, 4.69) is 15.6 Å². The third-order valence-electron chi connectivity index (χ3n) is 5.81. The van der Waals surface area contributed by atoms with Gasteiger partial charge in [-0.2, -0.15) is 4.98 Å². The first-order valence-electron chi connectivity index (χ1n) is 10.9. The van der Waals surface area contributed by atoms with Crippen LogP contribution in [0.2, 0.25) is 0 Å². The predicted octanol–water partition coefficient (Wildman–Crippen LogP) is 4.65. The van der Waals surface area contributed by atoms with Gasteiger partial charge in [-0.3, -0.25) is 9.78 Å². The normalized spacial score (nSPS) is 14.8. The maximum Gasteiger partial charge on any atom is 0.255 e. The molecular weight excluding hydrogens is 464 g/mol. The third-order valence-corrected chi connectivity index (χ3v) is 6.88. The fourth-order valence-electron chi connectivity index (χ4n) is 4.08. The van der Waals surface area contributed by atoms with Crippen LogP contribution in [0.5, 0.6) is 11.5 Å². The van der Waals surface area contributed by atoms with Crippen LogP contribution in [-0.2, 0) is 4.79 Å². The van der Waals surface area contributed by atoms with Crippen LogP contribution in [0.4, 0.5) is 11.6 Å². The number of benzene rings is 1. The van der Waals surface area contributed by atoms with Crippen molar-refractivity contribution in [2.45, 2.75) is 19.9 Å². The Morgan fingerprint density at radius 1 is 1.14 bits per heavy atom. The second kappa shape index (κ2) is 9.22. The lowest BCUT2D eigenvalue weighted by atomic mass is 9.99. The lowest BCUT2D eigenvalue weighted by molar-refractivity contribution is -0.113. The first-order chi connectivity index (χ1) is 17.0. The molecule has 1 unspecified atom stereocenters. The van der Waals surface area contributed by atoms with Crippen LogP contribution in [-0.4, -0.2) is 39.9 Å². The molecule has 0 radical (unpaired) electrons. The number of carbonyl (C=O) groups excluding carboxylic acids is 1. The minimum absolute atomic E-state index is 0.227. The van der Waals surface area contributed by atoms with Crippen molar-refractivity contribution < 1.29 is 14.3 Å². The van der Waals surface area contributed by atoms with Gasteiger partial charge in [-0.1, -0.05) is 0 Å². The number of aromatic nitrogens is 4. The highest BCUT2D eigenvalue weighted by Gasteiger charge is 2.36. The van der Waals surface area contributed by atoms with Gasteiger partial charge in [-0.25, -0.2) is 4.68 Å². The Morgan fingerprint density at radius 3 is 2.66 bits per heavy atom. The smallest absolute Gasteiger partial charge is 0.255 e. The zero-order valence-electron chi connectivity index (χ0n) is 19.7. The molecule has 10 heteroatoms. The Labute approximate surface area is 206 Å². The van der Waals surface area contributed by atoms with Crippen molar-refractivity contribution >= 4 is 28.9 Å². The molecule has 0 bridgehead atoms. The number of aryl methyl sites for hydroxylation is 1. The van der Waals surface area contributed by atoms with Gasteiger partial charge in [0.15, 0.2) is 17.3 Å². The van der Waals surface area contributed by atoms with Crippen molar-refractivity contribution in [3.63, 3.8) is 0 Å². The molecule has 5 rings (SSSR count). The SMILES string of the molecule is COc1ccc(-c2nc3n(n2)C(c2sccc2C)C(C(=O)Nc2cccnc2)=C(C)N3)cc1OC. The maximum absolute atomic E-state index is 13.5. The summed E-state index contributed by atoms with van der Waals surface area (Å²) in [6.07, 6.45) is 3.28. The van der Waals surface area contributed by atoms with E-state index >= 15 is 0 Å². The van der Waals surface area contributed by atoms with E-state index < -0.39 is 6.04 Å². The van der Waals surface area contributed by atoms with Gasteiger partial charge in [0.1, 0.15) is 6.04 Å². The Kier molecular flexibility index (Phi) is 5.96. The van der Waals surface area contributed by atoms with Crippen molar-refractivity contribution in [1.29, 1.82) is 0 Å². The number of fused-ring (bicyclic) bond motifs is 1. The highest BCUT2D eigenvalue weighted by Crippen LogP contribution is 2.40. The van der Waals surface area contributed by atoms with E-state index in [-0.39, 0.29) is 5.91 Å². The second-order valence-corrected chi connectivity index (χ2v) is 8.95. The van der Waals surface area contributed by atoms with E-state index in [9.17, 15) is 4.79 Å². The lowest BCUT2D eigenvalue weighted by Crippen LogP contribution is -2.31. The van der Waals surface area contributed by atoms with Crippen molar-refractivity contribution in [2.75, 3.05) is 24.9 Å². The van der Waals surface area contributed by atoms with Crippen LogP contribution in [0, 0.1) is 6.92 Å². The van der Waals surface area contributed by atoms with Gasteiger partial charge >= 0.3 is 0 Å². The summed E-state index contributed by atoms with van der Waals surface area (Å²) >= 11 is 1.59. The summed E-state index contributed by atoms with van der Waals surface area (Å²) in [4.78, 5) is 23.4. The van der Waals surface area contributed by atoms with Crippen LogP contribution in [0.1, 0.15) is 23.4 Å². The number of allylic oxidation sites excluding steroid dienone is 1. The number of hydrogen-bond acceptors (Lipinski definition) is 8. The standard InChI is InChI=1S/C25H24N6O3S/c1-14-9-11-35-22(14)21-20(24(32)28-17-6-5-10-26-13-17)15(2)27-25-29-23(30-31(21)25)16-7-8-18(33-3)19(12-16)34-4/h5-13,21H,1-4H3,(H,28,32)(H,27,29,30). The summed E-state index contributed by atoms with van der Waals surface area (Å²) < 4.78 is 12.6. The van der Waals surface area contributed by atoms with Crippen LogP contribution < -0.4 is 20.1 Å². The Balaban J connectivity index is 1.59. The monoisotopic (exact) mass is 488 g/mol. The van der Waals surface area contributed by atoms with E-state index in [0.717, 1.165) is 16.0 Å². The molecule has 0 spiro atoms. The number of anilines is 2. The number of hydrogen-bond donors (Lipinski definition) is 2. The second-order valence-electron chi connectivity index (χ2n) is 8.00. The fraction of sp³-hybridized carbons (Fsp3) is 0.200. The predicted molar refractivity (Wildman–Crippen MR) is 135 cm³/mol. The molecule has 0 saturated carbocycles. The van der Waals surface area contributed by atoms with E-state index in [4.69, 9.17) is 19.6 Å². The molecule has 4 heterocycles. The average Bonchev–Trinajstić information content (AvgIpc) is 3.49. The molecule has 1 aliphatic heterocycles. The summed E-state index contributed by atoms with van der Waals surface area (Å²) in [5.74, 6) is 2.05. The molecule has 2 N–H and O–H groups in total. The van der Waals surface area contributed by atoms with Crippen molar-refractivity contribution in [3.8, 4) is 22.9 Å². The van der Waals surface area contributed by atoms with Crippen molar-refractivity contribution in [1.82, 2.24) is 19.7 Å². The number of nitrogens with one attached hydrogen (secondary N) is 2. The zero-order chi connectivity index (χ0) is 24.5. The third kappa shape index (κ3) is 4.12. The van der Waals surface area contributed by atoms with Crippen LogP contribution in [0.3, 0.4) is 0 Å². The summed E-state index contributed by atoms with van der Waals surface area (Å²) in [6.45, 7) is 3.91. The molecule has 4 aromatic rings. The summed E-state index contributed by atoms with van der Waals surface area (Å²) in [5.41, 5.74) is 3.75. The number of nitrogens with zero attached hydrogens (tertiary/aromatic N) is 4. The zero-order valence-corrected chi connectivity index (χ0v) is 20.5. The van der Waals surface area contributed by atoms with Gasteiger partial charge in [0.05, 0.1) is 31.7 Å². The summed E-state index contributed by atoms with van der Waals surface area (Å²) in [5, 5.41) is 13.1. The number of carbonyl (C=O) groups is 1. The molecule has 1 atom stereocenters. The van der Waals surface area contributed by atoms with E-state index in [1.165, 1.54) is 0 Å². The van der Waals surface area contributed by atoms with E-state index in [0.29, 0.717) is 40.2 Å². The molecule has 1 aromatic carbocycles. The van der Waals surface area contributed by atoms with Crippen LogP contribution in [0.15, 0.2) is 65.4 Å². The minimum atomic E-state index is -0.440. The van der Waals surface area contributed by atoms with Gasteiger partial charge in [0.25, 0.3) is 5.91 Å². The maximum atomic E-state index is 13.5. The topological polar surface area (TPSA) is 103 Å². The molecule has 178 valence electrons. The van der Waals surface area contributed by atoms with Crippen molar-refractivity contribution in [2.24, 2.45) is 0 Å². The number of ether oxygens (including phenoxy) is 2. The van der Waals surface area contributed by atoms with Crippen molar-refractivity contribution in [3.05, 3.63) is 75.9 Å². The molecule has 35 heavy (non-hydrogen) atoms. The molecule has 1 aliphatic rings. The molecule has 1 amide bonds. The average molecular weight is 489 g/mol. The number of methoxy groups -OCH3 is 2. The molecule has 0 fully saturated rings. The highest BCUT2D eigenvalue weighted by molar-refractivity contribution is 7.10. The molecule has 3 aromatic heterocycles. The Morgan fingerprint density at radius 2 is 1.97 bits per heavy atom. The lowest BCUT2D eigenvalue weighted by Gasteiger charge is -2.28. The van der Waals surface area contributed by atoms with Crippen LogP contribution in [0.25, 0.3) is 11.4 Å². The van der Waals surface area contributed by atoms with Gasteiger partial charge in [-0.15, -0.1) is 16.4 Å². The van der Waals surface area contributed by atoms with Gasteiger partial charge in [0, 0.05) is 22.3 Å². The Hall–Kier alpha value is -4.18. The van der Waals surface area contributed by atoms with Gasteiger partial charge in [0.2, 0.25) is 5.95 Å².